The van der Waals surface area contributed by atoms with E-state index in [0.717, 1.165) is 19.3 Å². The molecule has 0 radical (unpaired) electrons. The van der Waals surface area contributed by atoms with Crippen molar-refractivity contribution >= 4 is 15.9 Å². The summed E-state index contributed by atoms with van der Waals surface area (Å²) in [7, 11) is -1.70. The highest BCUT2D eigenvalue weighted by Gasteiger charge is 2.26. The number of hydrogen-bond acceptors (Lipinski definition) is 4. The zero-order valence-corrected chi connectivity index (χ0v) is 13.7. The summed E-state index contributed by atoms with van der Waals surface area (Å²) in [6, 6.07) is 6.25. The molecule has 2 rings (SSSR count). The monoisotopic (exact) mass is 325 g/mol. The van der Waals surface area contributed by atoms with E-state index in [-0.39, 0.29) is 10.8 Å². The number of rotatable bonds is 6. The molecule has 1 fully saturated rings. The highest BCUT2D eigenvalue weighted by Crippen LogP contribution is 2.21. The molecular formula is C15H23N3O3S. The van der Waals surface area contributed by atoms with Gasteiger partial charge in [-0.2, -0.15) is 4.31 Å². The molecule has 2 N–H and O–H groups in total. The molecule has 0 bridgehead atoms. The maximum absolute atomic E-state index is 12.6. The van der Waals surface area contributed by atoms with Gasteiger partial charge in [0.25, 0.3) is 5.91 Å². The standard InChI is InChI=1S/C15H23N3O3S/c1-16-8-9-17-15(19)13-6-5-7-14(12-13)22(20,21)18-10-3-2-4-11-18/h5-7,12,16H,2-4,8-11H2,1H3,(H,17,19). The van der Waals surface area contributed by atoms with Gasteiger partial charge in [0.15, 0.2) is 0 Å². The van der Waals surface area contributed by atoms with E-state index in [1.54, 1.807) is 25.2 Å². The van der Waals surface area contributed by atoms with Gasteiger partial charge in [0.05, 0.1) is 4.90 Å². The maximum atomic E-state index is 12.6. The van der Waals surface area contributed by atoms with Crippen molar-refractivity contribution in [2.75, 3.05) is 33.2 Å². The van der Waals surface area contributed by atoms with Crippen LogP contribution in [0, 0.1) is 0 Å². The molecule has 122 valence electrons. The Balaban J connectivity index is 2.15. The number of carbonyl (C=O) groups is 1. The number of nitrogens with one attached hydrogen (secondary N) is 2. The maximum Gasteiger partial charge on any atom is 0.251 e. The molecule has 1 saturated heterocycles. The first kappa shape index (κ1) is 16.9. The summed E-state index contributed by atoms with van der Waals surface area (Å²) < 4.78 is 26.7. The van der Waals surface area contributed by atoms with E-state index in [1.165, 1.54) is 10.4 Å². The van der Waals surface area contributed by atoms with Crippen LogP contribution in [0.3, 0.4) is 0 Å². The number of likely N-dealkylation sites (N-methyl/N-ethyl adjacent to an activating group) is 1. The smallest absolute Gasteiger partial charge is 0.251 e. The summed E-state index contributed by atoms with van der Waals surface area (Å²) in [6.45, 7) is 2.28. The van der Waals surface area contributed by atoms with Crippen molar-refractivity contribution in [1.29, 1.82) is 0 Å². The third-order valence-corrected chi connectivity index (χ3v) is 5.60. The normalized spacial score (nSPS) is 16.4. The SMILES string of the molecule is CNCCNC(=O)c1cccc(S(=O)(=O)N2CCCCC2)c1. The van der Waals surface area contributed by atoms with Crippen LogP contribution in [0.1, 0.15) is 29.6 Å². The van der Waals surface area contributed by atoms with Crippen LogP contribution in [0.2, 0.25) is 0 Å². The van der Waals surface area contributed by atoms with Gasteiger partial charge in [-0.05, 0) is 38.1 Å². The Morgan fingerprint density at radius 3 is 2.59 bits per heavy atom. The van der Waals surface area contributed by atoms with E-state index in [1.807, 2.05) is 0 Å². The third kappa shape index (κ3) is 4.06. The highest BCUT2D eigenvalue weighted by molar-refractivity contribution is 7.89. The molecule has 1 aromatic carbocycles. The predicted octanol–water partition coefficient (Wildman–Crippen LogP) is 0.810. The lowest BCUT2D eigenvalue weighted by Crippen LogP contribution is -2.35. The first-order chi connectivity index (χ1) is 10.6. The van der Waals surface area contributed by atoms with Crippen molar-refractivity contribution in [3.8, 4) is 0 Å². The quantitative estimate of drug-likeness (QED) is 0.759. The van der Waals surface area contributed by atoms with E-state index in [2.05, 4.69) is 10.6 Å². The summed E-state index contributed by atoms with van der Waals surface area (Å²) in [5.74, 6) is -0.258. The molecule has 0 spiro atoms. The van der Waals surface area contributed by atoms with Crippen LogP contribution < -0.4 is 10.6 Å². The number of carbonyl (C=O) groups excluding carboxylic acids is 1. The number of amides is 1. The van der Waals surface area contributed by atoms with Crippen molar-refractivity contribution in [2.24, 2.45) is 0 Å². The van der Waals surface area contributed by atoms with Gasteiger partial charge in [-0.15, -0.1) is 0 Å². The predicted molar refractivity (Wildman–Crippen MR) is 85.3 cm³/mol. The van der Waals surface area contributed by atoms with Gasteiger partial charge in [0.1, 0.15) is 0 Å². The molecule has 1 heterocycles. The average molecular weight is 325 g/mol. The molecule has 1 amide bonds. The fourth-order valence-corrected chi connectivity index (χ4v) is 4.02. The minimum Gasteiger partial charge on any atom is -0.351 e. The molecule has 6 nitrogen and oxygen atoms in total. The van der Waals surface area contributed by atoms with Crippen LogP contribution in [-0.4, -0.2) is 51.9 Å². The Morgan fingerprint density at radius 2 is 1.91 bits per heavy atom. The first-order valence-corrected chi connectivity index (χ1v) is 9.03. The van der Waals surface area contributed by atoms with Crippen molar-refractivity contribution in [3.63, 3.8) is 0 Å². The lowest BCUT2D eigenvalue weighted by atomic mass is 10.2. The van der Waals surface area contributed by atoms with Crippen molar-refractivity contribution in [3.05, 3.63) is 29.8 Å². The molecule has 7 heteroatoms. The molecule has 1 aliphatic heterocycles. The number of piperidine rings is 1. The molecule has 0 atom stereocenters. The fourth-order valence-electron chi connectivity index (χ4n) is 2.46. The summed E-state index contributed by atoms with van der Waals surface area (Å²) in [5.41, 5.74) is 0.370. The second-order valence-corrected chi connectivity index (χ2v) is 7.29. The zero-order valence-electron chi connectivity index (χ0n) is 12.8. The average Bonchev–Trinajstić information content (AvgIpc) is 2.56. The summed E-state index contributed by atoms with van der Waals surface area (Å²) in [5, 5.41) is 5.68. The number of hydrogen-bond donors (Lipinski definition) is 2. The molecule has 22 heavy (non-hydrogen) atoms. The molecule has 1 aliphatic rings. The van der Waals surface area contributed by atoms with E-state index >= 15 is 0 Å². The summed E-state index contributed by atoms with van der Waals surface area (Å²) in [6.07, 6.45) is 2.85. The van der Waals surface area contributed by atoms with Crippen molar-refractivity contribution in [2.45, 2.75) is 24.2 Å². The van der Waals surface area contributed by atoms with Crippen LogP contribution in [0.25, 0.3) is 0 Å². The molecular weight excluding hydrogens is 302 g/mol. The number of benzene rings is 1. The van der Waals surface area contributed by atoms with Crippen LogP contribution in [-0.2, 0) is 10.0 Å². The Hall–Kier alpha value is -1.44. The van der Waals surface area contributed by atoms with Gasteiger partial charge < -0.3 is 10.6 Å². The van der Waals surface area contributed by atoms with Gasteiger partial charge in [-0.25, -0.2) is 8.42 Å². The Bertz CT molecular complexity index is 610. The van der Waals surface area contributed by atoms with E-state index in [9.17, 15) is 13.2 Å². The van der Waals surface area contributed by atoms with Gasteiger partial charge in [-0.1, -0.05) is 12.5 Å². The van der Waals surface area contributed by atoms with Crippen LogP contribution >= 0.6 is 0 Å². The summed E-state index contributed by atoms with van der Waals surface area (Å²) >= 11 is 0. The molecule has 0 saturated carbocycles. The molecule has 0 aliphatic carbocycles. The van der Waals surface area contributed by atoms with Gasteiger partial charge in [0.2, 0.25) is 10.0 Å². The fraction of sp³-hybridized carbons (Fsp3) is 0.533. The Labute approximate surface area is 131 Å². The zero-order chi connectivity index (χ0) is 16.0. The first-order valence-electron chi connectivity index (χ1n) is 7.59. The van der Waals surface area contributed by atoms with Crippen LogP contribution in [0.5, 0.6) is 0 Å². The minimum absolute atomic E-state index is 0.190. The third-order valence-electron chi connectivity index (χ3n) is 3.71. The van der Waals surface area contributed by atoms with Crippen LogP contribution in [0.4, 0.5) is 0 Å². The Kier molecular flexibility index (Phi) is 5.93. The number of nitrogens with zero attached hydrogens (tertiary/aromatic N) is 1. The largest absolute Gasteiger partial charge is 0.351 e. The minimum atomic E-state index is -3.50. The second kappa shape index (κ2) is 7.71. The lowest BCUT2D eigenvalue weighted by Gasteiger charge is -2.26. The van der Waals surface area contributed by atoms with E-state index in [0.29, 0.717) is 31.7 Å². The van der Waals surface area contributed by atoms with E-state index < -0.39 is 10.0 Å². The molecule has 1 aromatic rings. The van der Waals surface area contributed by atoms with Gasteiger partial charge >= 0.3 is 0 Å². The second-order valence-electron chi connectivity index (χ2n) is 5.35. The number of sulfonamides is 1. The molecule has 0 aromatic heterocycles. The van der Waals surface area contributed by atoms with Gasteiger partial charge in [-0.3, -0.25) is 4.79 Å². The van der Waals surface area contributed by atoms with Crippen molar-refractivity contribution < 1.29 is 13.2 Å². The van der Waals surface area contributed by atoms with E-state index in [4.69, 9.17) is 0 Å². The van der Waals surface area contributed by atoms with Crippen LogP contribution in [0.15, 0.2) is 29.2 Å². The summed E-state index contributed by atoms with van der Waals surface area (Å²) in [4.78, 5) is 12.2. The Morgan fingerprint density at radius 1 is 1.18 bits per heavy atom. The lowest BCUT2D eigenvalue weighted by molar-refractivity contribution is 0.0954. The highest BCUT2D eigenvalue weighted by atomic mass is 32.2. The molecule has 0 unspecified atom stereocenters. The van der Waals surface area contributed by atoms with Gasteiger partial charge in [0, 0.05) is 31.7 Å². The van der Waals surface area contributed by atoms with Crippen molar-refractivity contribution in [1.82, 2.24) is 14.9 Å². The topological polar surface area (TPSA) is 78.5 Å².